The first-order valence-corrected chi connectivity index (χ1v) is 5.42. The average Bonchev–Trinajstić information content (AvgIpc) is 2.64. The number of aryl methyl sites for hydroxylation is 1. The summed E-state index contributed by atoms with van der Waals surface area (Å²) >= 11 is 3.29. The first-order valence-electron chi connectivity index (χ1n) is 4.63. The summed E-state index contributed by atoms with van der Waals surface area (Å²) in [6.45, 7) is 2.50. The zero-order valence-electron chi connectivity index (χ0n) is 8.33. The summed E-state index contributed by atoms with van der Waals surface area (Å²) in [5, 5.41) is 0. The fourth-order valence-corrected chi connectivity index (χ4v) is 1.53. The molecule has 0 atom stereocenters. The van der Waals surface area contributed by atoms with Crippen LogP contribution < -0.4 is 4.74 Å². The Morgan fingerprint density at radius 1 is 1.33 bits per heavy atom. The molecular formula is C11H11BrN2O. The molecule has 0 radical (unpaired) electrons. The van der Waals surface area contributed by atoms with Gasteiger partial charge in [0, 0.05) is 0 Å². The molecule has 0 aliphatic carbocycles. The molecular weight excluding hydrogens is 256 g/mol. The minimum absolute atomic E-state index is 0.453. The van der Waals surface area contributed by atoms with Crippen molar-refractivity contribution in [2.75, 3.05) is 0 Å². The fourth-order valence-electron chi connectivity index (χ4n) is 1.20. The minimum atomic E-state index is 0.453. The van der Waals surface area contributed by atoms with E-state index in [-0.39, 0.29) is 0 Å². The molecule has 2 rings (SSSR count). The molecule has 0 amide bonds. The van der Waals surface area contributed by atoms with E-state index in [2.05, 4.69) is 25.9 Å². The van der Waals surface area contributed by atoms with Crippen LogP contribution in [0.3, 0.4) is 0 Å². The summed E-state index contributed by atoms with van der Waals surface area (Å²) in [4.78, 5) is 7.16. The van der Waals surface area contributed by atoms with Crippen molar-refractivity contribution in [3.8, 4) is 5.75 Å². The Balaban J connectivity index is 1.96. The molecule has 0 aliphatic rings. The molecule has 0 aliphatic heterocycles. The Morgan fingerprint density at radius 2 is 2.07 bits per heavy atom. The highest BCUT2D eigenvalue weighted by Gasteiger charge is 1.99. The number of imidazole rings is 1. The van der Waals surface area contributed by atoms with Gasteiger partial charge in [-0.15, -0.1) is 0 Å². The molecule has 1 heterocycles. The Kier molecular flexibility index (Phi) is 3.06. The van der Waals surface area contributed by atoms with Crippen LogP contribution in [0.25, 0.3) is 0 Å². The molecule has 0 unspecified atom stereocenters. The summed E-state index contributed by atoms with van der Waals surface area (Å²) in [5.74, 6) is 1.66. The highest BCUT2D eigenvalue weighted by Crippen LogP contribution is 2.13. The molecule has 1 aromatic heterocycles. The molecule has 15 heavy (non-hydrogen) atoms. The van der Waals surface area contributed by atoms with E-state index in [4.69, 9.17) is 4.74 Å². The molecule has 0 saturated heterocycles. The van der Waals surface area contributed by atoms with Crippen molar-refractivity contribution in [3.05, 3.63) is 46.5 Å². The summed E-state index contributed by atoms with van der Waals surface area (Å²) in [6, 6.07) is 7.95. The van der Waals surface area contributed by atoms with Crippen LogP contribution in [-0.2, 0) is 6.61 Å². The van der Waals surface area contributed by atoms with Crippen LogP contribution in [0.15, 0.2) is 35.1 Å². The molecule has 0 fully saturated rings. The Labute approximate surface area is 96.6 Å². The number of aromatic amines is 1. The molecule has 4 heteroatoms. The normalized spacial score (nSPS) is 10.3. The van der Waals surface area contributed by atoms with Gasteiger partial charge < -0.3 is 9.72 Å². The second-order valence-electron chi connectivity index (χ2n) is 3.28. The topological polar surface area (TPSA) is 37.9 Å². The summed E-state index contributed by atoms with van der Waals surface area (Å²) in [7, 11) is 0. The van der Waals surface area contributed by atoms with Gasteiger partial charge in [-0.25, -0.2) is 4.98 Å². The van der Waals surface area contributed by atoms with Gasteiger partial charge in [0.05, 0.1) is 6.20 Å². The highest BCUT2D eigenvalue weighted by atomic mass is 79.9. The third-order valence-corrected chi connectivity index (χ3v) is 2.40. The van der Waals surface area contributed by atoms with Gasteiger partial charge in [0.25, 0.3) is 0 Å². The number of H-pyrrole nitrogens is 1. The monoisotopic (exact) mass is 266 g/mol. The van der Waals surface area contributed by atoms with E-state index in [0.29, 0.717) is 6.61 Å². The van der Waals surface area contributed by atoms with E-state index in [1.54, 1.807) is 6.20 Å². The smallest absolute Gasteiger partial charge is 0.146 e. The van der Waals surface area contributed by atoms with Crippen LogP contribution in [0, 0.1) is 6.92 Å². The van der Waals surface area contributed by atoms with E-state index < -0.39 is 0 Å². The van der Waals surface area contributed by atoms with Crippen LogP contribution in [0.1, 0.15) is 11.4 Å². The fraction of sp³-hybridized carbons (Fsp3) is 0.182. The molecule has 0 bridgehead atoms. The maximum atomic E-state index is 5.55. The number of halogens is 1. The van der Waals surface area contributed by atoms with Crippen molar-refractivity contribution < 1.29 is 4.74 Å². The van der Waals surface area contributed by atoms with Crippen molar-refractivity contribution >= 4 is 15.9 Å². The Hall–Kier alpha value is -1.29. The van der Waals surface area contributed by atoms with Gasteiger partial charge in [0.15, 0.2) is 0 Å². The Bertz CT molecular complexity index is 436. The SMILES string of the molecule is Cc1ccc(OCc2ncc(Br)[nH]2)cc1. The first kappa shape index (κ1) is 10.2. The summed E-state index contributed by atoms with van der Waals surface area (Å²) < 4.78 is 6.41. The maximum Gasteiger partial charge on any atom is 0.146 e. The number of aromatic nitrogens is 2. The predicted octanol–water partition coefficient (Wildman–Crippen LogP) is 3.06. The highest BCUT2D eigenvalue weighted by molar-refractivity contribution is 9.10. The first-order chi connectivity index (χ1) is 7.24. The van der Waals surface area contributed by atoms with E-state index in [1.807, 2.05) is 31.2 Å². The molecule has 1 N–H and O–H groups in total. The van der Waals surface area contributed by atoms with E-state index in [9.17, 15) is 0 Å². The summed E-state index contributed by atoms with van der Waals surface area (Å²) in [5.41, 5.74) is 1.23. The maximum absolute atomic E-state index is 5.55. The third-order valence-electron chi connectivity index (χ3n) is 1.99. The number of hydrogen-bond acceptors (Lipinski definition) is 2. The average molecular weight is 267 g/mol. The lowest BCUT2D eigenvalue weighted by Crippen LogP contribution is -1.97. The Morgan fingerprint density at radius 3 is 2.67 bits per heavy atom. The molecule has 2 aromatic rings. The summed E-state index contributed by atoms with van der Waals surface area (Å²) in [6.07, 6.45) is 1.72. The van der Waals surface area contributed by atoms with Gasteiger partial charge in [-0.3, -0.25) is 0 Å². The molecule has 78 valence electrons. The zero-order chi connectivity index (χ0) is 10.7. The predicted molar refractivity (Wildman–Crippen MR) is 61.8 cm³/mol. The van der Waals surface area contributed by atoms with Crippen LogP contribution in [0.4, 0.5) is 0 Å². The van der Waals surface area contributed by atoms with Gasteiger partial charge in [-0.2, -0.15) is 0 Å². The second kappa shape index (κ2) is 4.49. The zero-order valence-corrected chi connectivity index (χ0v) is 9.91. The van der Waals surface area contributed by atoms with Crippen LogP contribution in [0.2, 0.25) is 0 Å². The molecule has 0 saturated carbocycles. The van der Waals surface area contributed by atoms with Gasteiger partial charge in [-0.05, 0) is 35.0 Å². The number of nitrogens with zero attached hydrogens (tertiary/aromatic N) is 1. The van der Waals surface area contributed by atoms with Crippen LogP contribution in [-0.4, -0.2) is 9.97 Å². The van der Waals surface area contributed by atoms with E-state index >= 15 is 0 Å². The quantitative estimate of drug-likeness (QED) is 0.928. The number of hydrogen-bond donors (Lipinski definition) is 1. The lowest BCUT2D eigenvalue weighted by atomic mass is 10.2. The van der Waals surface area contributed by atoms with Crippen molar-refractivity contribution in [2.45, 2.75) is 13.5 Å². The van der Waals surface area contributed by atoms with Gasteiger partial charge in [0.2, 0.25) is 0 Å². The van der Waals surface area contributed by atoms with Crippen molar-refractivity contribution in [2.24, 2.45) is 0 Å². The third kappa shape index (κ3) is 2.83. The number of nitrogens with one attached hydrogen (secondary N) is 1. The molecule has 1 aromatic carbocycles. The minimum Gasteiger partial charge on any atom is -0.486 e. The lowest BCUT2D eigenvalue weighted by molar-refractivity contribution is 0.297. The van der Waals surface area contributed by atoms with Crippen molar-refractivity contribution in [1.29, 1.82) is 0 Å². The second-order valence-corrected chi connectivity index (χ2v) is 4.13. The number of rotatable bonds is 3. The molecule has 0 spiro atoms. The van der Waals surface area contributed by atoms with Gasteiger partial charge >= 0.3 is 0 Å². The van der Waals surface area contributed by atoms with Crippen LogP contribution in [0.5, 0.6) is 5.75 Å². The van der Waals surface area contributed by atoms with Crippen molar-refractivity contribution in [3.63, 3.8) is 0 Å². The number of benzene rings is 1. The molecule has 3 nitrogen and oxygen atoms in total. The lowest BCUT2D eigenvalue weighted by Gasteiger charge is -2.03. The number of ether oxygens (including phenoxy) is 1. The van der Waals surface area contributed by atoms with Crippen LogP contribution >= 0.6 is 15.9 Å². The van der Waals surface area contributed by atoms with Crippen molar-refractivity contribution in [1.82, 2.24) is 9.97 Å². The largest absolute Gasteiger partial charge is 0.486 e. The standard InChI is InChI=1S/C11H11BrN2O/c1-8-2-4-9(5-3-8)15-7-11-13-6-10(12)14-11/h2-6H,7H2,1H3,(H,13,14). The van der Waals surface area contributed by atoms with Gasteiger partial charge in [0.1, 0.15) is 22.8 Å². The van der Waals surface area contributed by atoms with E-state index in [1.165, 1.54) is 5.56 Å². The van der Waals surface area contributed by atoms with E-state index in [0.717, 1.165) is 16.2 Å². The van der Waals surface area contributed by atoms with Gasteiger partial charge in [-0.1, -0.05) is 17.7 Å².